The van der Waals surface area contributed by atoms with E-state index in [-0.39, 0.29) is 17.4 Å². The summed E-state index contributed by atoms with van der Waals surface area (Å²) in [7, 11) is 0. The Labute approximate surface area is 136 Å². The van der Waals surface area contributed by atoms with Crippen LogP contribution in [-0.4, -0.2) is 17.0 Å². The van der Waals surface area contributed by atoms with E-state index in [1.807, 2.05) is 44.2 Å². The first kappa shape index (κ1) is 16.7. The van der Waals surface area contributed by atoms with Gasteiger partial charge in [-0.3, -0.25) is 4.79 Å². The summed E-state index contributed by atoms with van der Waals surface area (Å²) in [6.45, 7) is 5.57. The average molecular weight is 311 g/mol. The summed E-state index contributed by atoms with van der Waals surface area (Å²) in [5.41, 5.74) is 3.24. The van der Waals surface area contributed by atoms with Crippen molar-refractivity contribution < 1.29 is 14.7 Å². The Hall–Kier alpha value is -2.62. The molecule has 0 saturated carbocycles. The third-order valence-corrected chi connectivity index (χ3v) is 3.99. The number of carboxylic acids is 1. The number of aryl methyl sites for hydroxylation is 2. The lowest BCUT2D eigenvalue weighted by Gasteiger charge is -2.17. The van der Waals surface area contributed by atoms with Crippen LogP contribution in [0, 0.1) is 13.8 Å². The Morgan fingerprint density at radius 3 is 2.30 bits per heavy atom. The quantitative estimate of drug-likeness (QED) is 0.872. The van der Waals surface area contributed by atoms with Gasteiger partial charge in [0.2, 0.25) is 5.91 Å². The van der Waals surface area contributed by atoms with Gasteiger partial charge in [0, 0.05) is 5.69 Å². The van der Waals surface area contributed by atoms with Gasteiger partial charge in [-0.15, -0.1) is 0 Å². The van der Waals surface area contributed by atoms with Gasteiger partial charge in [0.1, 0.15) is 0 Å². The van der Waals surface area contributed by atoms with Gasteiger partial charge in [-0.2, -0.15) is 0 Å². The van der Waals surface area contributed by atoms with Crippen LogP contribution in [0.25, 0.3) is 0 Å². The van der Waals surface area contributed by atoms with Crippen molar-refractivity contribution in [3.63, 3.8) is 0 Å². The fourth-order valence-electron chi connectivity index (χ4n) is 2.70. The van der Waals surface area contributed by atoms with E-state index in [2.05, 4.69) is 5.32 Å². The Morgan fingerprint density at radius 1 is 1.09 bits per heavy atom. The van der Waals surface area contributed by atoms with Gasteiger partial charge in [-0.25, -0.2) is 4.79 Å². The van der Waals surface area contributed by atoms with E-state index in [9.17, 15) is 14.7 Å². The minimum atomic E-state index is -0.993. The monoisotopic (exact) mass is 311 g/mol. The molecule has 0 spiro atoms. The van der Waals surface area contributed by atoms with Crippen molar-refractivity contribution in [3.8, 4) is 0 Å². The molecule has 2 rings (SSSR count). The van der Waals surface area contributed by atoms with Crippen LogP contribution in [0.2, 0.25) is 0 Å². The van der Waals surface area contributed by atoms with E-state index in [1.54, 1.807) is 13.0 Å². The molecule has 2 aromatic carbocycles. The lowest BCUT2D eigenvalue weighted by molar-refractivity contribution is -0.117. The normalized spacial score (nSPS) is 11.8. The van der Waals surface area contributed by atoms with Crippen LogP contribution in [0.1, 0.15) is 46.3 Å². The van der Waals surface area contributed by atoms with Crippen LogP contribution >= 0.6 is 0 Å². The Morgan fingerprint density at radius 2 is 1.74 bits per heavy atom. The zero-order valence-electron chi connectivity index (χ0n) is 13.6. The first-order valence-corrected chi connectivity index (χ1v) is 7.64. The molecule has 0 radical (unpaired) electrons. The van der Waals surface area contributed by atoms with Crippen molar-refractivity contribution in [2.45, 2.75) is 33.1 Å². The van der Waals surface area contributed by atoms with Crippen molar-refractivity contribution in [2.24, 2.45) is 0 Å². The SMILES string of the molecule is CCC(C(=O)Nc1cc(C(=O)O)c(C)cc1C)c1ccccc1. The molecule has 4 nitrogen and oxygen atoms in total. The van der Waals surface area contributed by atoms with Gasteiger partial charge >= 0.3 is 5.97 Å². The van der Waals surface area contributed by atoms with Crippen LogP contribution in [-0.2, 0) is 4.79 Å². The smallest absolute Gasteiger partial charge is 0.336 e. The first-order valence-electron chi connectivity index (χ1n) is 7.64. The number of hydrogen-bond donors (Lipinski definition) is 2. The maximum absolute atomic E-state index is 12.6. The minimum Gasteiger partial charge on any atom is -0.478 e. The predicted molar refractivity (Wildman–Crippen MR) is 91.0 cm³/mol. The van der Waals surface area contributed by atoms with Gasteiger partial charge in [-0.05, 0) is 43.0 Å². The topological polar surface area (TPSA) is 66.4 Å². The minimum absolute atomic E-state index is 0.123. The summed E-state index contributed by atoms with van der Waals surface area (Å²) in [6, 6.07) is 12.9. The largest absolute Gasteiger partial charge is 0.478 e. The van der Waals surface area contributed by atoms with E-state index in [0.29, 0.717) is 17.7 Å². The van der Waals surface area contributed by atoms with E-state index in [0.717, 1.165) is 11.1 Å². The lowest BCUT2D eigenvalue weighted by Crippen LogP contribution is -2.21. The molecule has 23 heavy (non-hydrogen) atoms. The number of carboxylic acid groups (broad SMARTS) is 1. The number of nitrogens with one attached hydrogen (secondary N) is 1. The highest BCUT2D eigenvalue weighted by atomic mass is 16.4. The molecule has 4 heteroatoms. The molecule has 0 aliphatic rings. The second kappa shape index (κ2) is 7.09. The summed E-state index contributed by atoms with van der Waals surface area (Å²) in [6.07, 6.45) is 0.673. The Bertz CT molecular complexity index is 723. The molecule has 0 saturated heterocycles. The Kier molecular flexibility index (Phi) is 5.16. The molecular formula is C19H21NO3. The summed E-state index contributed by atoms with van der Waals surface area (Å²) in [4.78, 5) is 23.9. The van der Waals surface area contributed by atoms with Gasteiger partial charge in [-0.1, -0.05) is 43.3 Å². The molecular weight excluding hydrogens is 290 g/mol. The predicted octanol–water partition coefficient (Wildman–Crippen LogP) is 4.13. The van der Waals surface area contributed by atoms with E-state index in [4.69, 9.17) is 0 Å². The molecule has 0 aliphatic heterocycles. The second-order valence-electron chi connectivity index (χ2n) is 5.65. The number of amides is 1. The van der Waals surface area contributed by atoms with E-state index < -0.39 is 5.97 Å². The summed E-state index contributed by atoms with van der Waals surface area (Å²) < 4.78 is 0. The zero-order chi connectivity index (χ0) is 17.0. The summed E-state index contributed by atoms with van der Waals surface area (Å²) in [5.74, 6) is -1.37. The molecule has 0 heterocycles. The van der Waals surface area contributed by atoms with Crippen LogP contribution < -0.4 is 5.32 Å². The molecule has 0 fully saturated rings. The molecule has 2 N–H and O–H groups in total. The fourth-order valence-corrected chi connectivity index (χ4v) is 2.70. The molecule has 2 aromatic rings. The molecule has 1 unspecified atom stereocenters. The van der Waals surface area contributed by atoms with Gasteiger partial charge in [0.05, 0.1) is 11.5 Å². The third kappa shape index (κ3) is 3.77. The van der Waals surface area contributed by atoms with Crippen LogP contribution in [0.5, 0.6) is 0 Å². The van der Waals surface area contributed by atoms with Gasteiger partial charge in [0.15, 0.2) is 0 Å². The maximum Gasteiger partial charge on any atom is 0.336 e. The van der Waals surface area contributed by atoms with Crippen molar-refractivity contribution in [1.29, 1.82) is 0 Å². The first-order chi connectivity index (χ1) is 10.9. The molecule has 1 amide bonds. The fraction of sp³-hybridized carbons (Fsp3) is 0.263. The number of aromatic carboxylic acids is 1. The third-order valence-electron chi connectivity index (χ3n) is 3.99. The molecule has 1 atom stereocenters. The van der Waals surface area contributed by atoms with Crippen molar-refractivity contribution in [2.75, 3.05) is 5.32 Å². The average Bonchev–Trinajstić information content (AvgIpc) is 2.51. The maximum atomic E-state index is 12.6. The highest BCUT2D eigenvalue weighted by molar-refractivity contribution is 5.98. The van der Waals surface area contributed by atoms with Crippen molar-refractivity contribution in [1.82, 2.24) is 0 Å². The van der Waals surface area contributed by atoms with Crippen LogP contribution in [0.3, 0.4) is 0 Å². The number of hydrogen-bond acceptors (Lipinski definition) is 2. The molecule has 0 aliphatic carbocycles. The molecule has 0 aromatic heterocycles. The number of carbonyl (C=O) groups is 2. The Balaban J connectivity index is 2.29. The standard InChI is InChI=1S/C19H21NO3/c1-4-15(14-8-6-5-7-9-14)18(21)20-17-11-16(19(22)23)12(2)10-13(17)3/h5-11,15H,4H2,1-3H3,(H,20,21)(H,22,23). The van der Waals surface area contributed by atoms with E-state index in [1.165, 1.54) is 6.07 Å². The van der Waals surface area contributed by atoms with Crippen molar-refractivity contribution in [3.05, 3.63) is 64.7 Å². The van der Waals surface area contributed by atoms with E-state index >= 15 is 0 Å². The second-order valence-corrected chi connectivity index (χ2v) is 5.65. The summed E-state index contributed by atoms with van der Waals surface area (Å²) >= 11 is 0. The van der Waals surface area contributed by atoms with Gasteiger partial charge in [0.25, 0.3) is 0 Å². The highest BCUT2D eigenvalue weighted by Crippen LogP contribution is 2.25. The van der Waals surface area contributed by atoms with Crippen LogP contribution in [0.15, 0.2) is 42.5 Å². The number of rotatable bonds is 5. The number of carbonyl (C=O) groups excluding carboxylic acids is 1. The van der Waals surface area contributed by atoms with Gasteiger partial charge < -0.3 is 10.4 Å². The lowest BCUT2D eigenvalue weighted by atomic mass is 9.95. The zero-order valence-corrected chi connectivity index (χ0v) is 13.6. The summed E-state index contributed by atoms with van der Waals surface area (Å²) in [5, 5.41) is 12.1. The molecule has 0 bridgehead atoms. The number of benzene rings is 2. The highest BCUT2D eigenvalue weighted by Gasteiger charge is 2.20. The van der Waals surface area contributed by atoms with Crippen molar-refractivity contribution >= 4 is 17.6 Å². The van der Waals surface area contributed by atoms with Crippen LogP contribution in [0.4, 0.5) is 5.69 Å². The molecule has 120 valence electrons. The number of anilines is 1.